The minimum absolute atomic E-state index is 0.142. The topological polar surface area (TPSA) is 67.4 Å². The third-order valence-electron chi connectivity index (χ3n) is 3.44. The zero-order valence-corrected chi connectivity index (χ0v) is 16.6. The predicted octanol–water partition coefficient (Wildman–Crippen LogP) is 4.64. The highest BCUT2D eigenvalue weighted by Gasteiger charge is 2.18. The zero-order valence-electron chi connectivity index (χ0n) is 15.0. The monoisotopic (exact) mass is 394 g/mol. The maximum atomic E-state index is 12.4. The van der Waals surface area contributed by atoms with Crippen LogP contribution in [0.1, 0.15) is 38.1 Å². The minimum Gasteiger partial charge on any atom is -0.492 e. The Kier molecular flexibility index (Phi) is 7.48. The second-order valence-corrected chi connectivity index (χ2v) is 7.76. The van der Waals surface area contributed by atoms with Crippen molar-refractivity contribution < 1.29 is 14.3 Å². The summed E-state index contributed by atoms with van der Waals surface area (Å²) < 4.78 is 5.62. The lowest BCUT2D eigenvalue weighted by atomic mass is 10.1. The molecule has 0 saturated carbocycles. The first-order valence-corrected chi connectivity index (χ1v) is 9.63. The van der Waals surface area contributed by atoms with E-state index >= 15 is 0 Å². The molecule has 1 unspecified atom stereocenters. The van der Waals surface area contributed by atoms with E-state index in [-0.39, 0.29) is 24.3 Å². The summed E-state index contributed by atoms with van der Waals surface area (Å²) in [5, 5.41) is 7.99. The van der Waals surface area contributed by atoms with Gasteiger partial charge in [-0.1, -0.05) is 31.5 Å². The van der Waals surface area contributed by atoms with Gasteiger partial charge in [0.2, 0.25) is 11.8 Å². The number of hydrogen-bond acceptors (Lipinski definition) is 4. The highest BCUT2D eigenvalue weighted by Crippen LogP contribution is 2.29. The summed E-state index contributed by atoms with van der Waals surface area (Å²) in [6, 6.07) is 8.59. The molecule has 140 valence electrons. The highest BCUT2D eigenvalue weighted by molar-refractivity contribution is 7.10. The first kappa shape index (κ1) is 20.3. The normalized spacial score (nSPS) is 11.9. The number of rotatable bonds is 8. The maximum absolute atomic E-state index is 12.4. The fourth-order valence-corrected chi connectivity index (χ4v) is 3.32. The van der Waals surface area contributed by atoms with E-state index in [1.54, 1.807) is 18.2 Å². The number of carbonyl (C=O) groups is 2. The highest BCUT2D eigenvalue weighted by atomic mass is 35.5. The van der Waals surface area contributed by atoms with Gasteiger partial charge in [0.05, 0.1) is 24.1 Å². The number of halogens is 1. The molecule has 0 fully saturated rings. The Bertz CT molecular complexity index is 747. The fraction of sp³-hybridized carbons (Fsp3) is 0.368. The zero-order chi connectivity index (χ0) is 19.1. The number of amides is 2. The molecule has 2 aromatic rings. The average molecular weight is 395 g/mol. The van der Waals surface area contributed by atoms with E-state index < -0.39 is 0 Å². The third kappa shape index (κ3) is 6.35. The molecule has 0 spiro atoms. The number of anilines is 1. The van der Waals surface area contributed by atoms with E-state index in [2.05, 4.69) is 24.5 Å². The molecule has 7 heteroatoms. The summed E-state index contributed by atoms with van der Waals surface area (Å²) in [4.78, 5) is 24.7. The van der Waals surface area contributed by atoms with Gasteiger partial charge in [-0.3, -0.25) is 9.59 Å². The number of hydrogen-bond donors (Lipinski definition) is 2. The Morgan fingerprint density at radius 1 is 1.27 bits per heavy atom. The van der Waals surface area contributed by atoms with Crippen molar-refractivity contribution in [3.63, 3.8) is 0 Å². The summed E-state index contributed by atoms with van der Waals surface area (Å²) >= 11 is 7.72. The summed E-state index contributed by atoms with van der Waals surface area (Å²) in [6.45, 7) is 6.13. The molecule has 2 amide bonds. The van der Waals surface area contributed by atoms with Gasteiger partial charge in [0.1, 0.15) is 5.75 Å². The minimum atomic E-state index is -0.350. The van der Waals surface area contributed by atoms with Crippen molar-refractivity contribution in [3.8, 4) is 5.75 Å². The largest absolute Gasteiger partial charge is 0.492 e. The molecule has 1 aromatic carbocycles. The van der Waals surface area contributed by atoms with Gasteiger partial charge in [0.15, 0.2) is 0 Å². The van der Waals surface area contributed by atoms with Crippen LogP contribution in [0.4, 0.5) is 5.69 Å². The summed E-state index contributed by atoms with van der Waals surface area (Å²) in [5.41, 5.74) is 0.588. The van der Waals surface area contributed by atoms with Crippen LogP contribution in [0.5, 0.6) is 5.75 Å². The molecule has 2 N–H and O–H groups in total. The van der Waals surface area contributed by atoms with Crippen molar-refractivity contribution >= 4 is 40.4 Å². The molecule has 0 bridgehead atoms. The van der Waals surface area contributed by atoms with Crippen LogP contribution >= 0.6 is 22.9 Å². The fourth-order valence-electron chi connectivity index (χ4n) is 2.31. The maximum Gasteiger partial charge on any atom is 0.226 e. The summed E-state index contributed by atoms with van der Waals surface area (Å²) in [6.07, 6.45) is 0.142. The molecular weight excluding hydrogens is 372 g/mol. The molecular formula is C19H23ClN2O3S. The summed E-state index contributed by atoms with van der Waals surface area (Å²) in [7, 11) is 0. The van der Waals surface area contributed by atoms with Crippen LogP contribution in [0.25, 0.3) is 0 Å². The summed E-state index contributed by atoms with van der Waals surface area (Å²) in [5.74, 6) is 0.608. The molecule has 0 aliphatic heterocycles. The Morgan fingerprint density at radius 2 is 2.04 bits per heavy atom. The number of thiophene rings is 1. The van der Waals surface area contributed by atoms with Crippen molar-refractivity contribution in [2.24, 2.45) is 5.92 Å². The SMILES string of the molecule is CC(=O)NC(CC(=O)Nc1ccc(OCC(C)C)c(Cl)c1)c1cccs1. The predicted molar refractivity (Wildman–Crippen MR) is 106 cm³/mol. The number of ether oxygens (including phenoxy) is 1. The van der Waals surface area contributed by atoms with E-state index in [9.17, 15) is 9.59 Å². The lowest BCUT2D eigenvalue weighted by Gasteiger charge is -2.16. The quantitative estimate of drug-likeness (QED) is 0.685. The molecule has 0 aliphatic rings. The van der Waals surface area contributed by atoms with Crippen LogP contribution in [0.15, 0.2) is 35.7 Å². The number of benzene rings is 1. The van der Waals surface area contributed by atoms with Gasteiger partial charge in [-0.05, 0) is 35.6 Å². The van der Waals surface area contributed by atoms with Gasteiger partial charge >= 0.3 is 0 Å². The lowest BCUT2D eigenvalue weighted by molar-refractivity contribution is -0.120. The second kappa shape index (κ2) is 9.59. The average Bonchev–Trinajstić information content (AvgIpc) is 3.07. The van der Waals surface area contributed by atoms with E-state index in [1.807, 2.05) is 17.5 Å². The second-order valence-electron chi connectivity index (χ2n) is 6.37. The van der Waals surface area contributed by atoms with Gasteiger partial charge in [0.25, 0.3) is 0 Å². The van der Waals surface area contributed by atoms with Crippen LogP contribution < -0.4 is 15.4 Å². The van der Waals surface area contributed by atoms with Crippen molar-refractivity contribution in [1.82, 2.24) is 5.32 Å². The molecule has 1 aromatic heterocycles. The Hall–Kier alpha value is -2.05. The molecule has 0 saturated heterocycles. The third-order valence-corrected chi connectivity index (χ3v) is 4.72. The van der Waals surface area contributed by atoms with Gasteiger partial charge in [-0.25, -0.2) is 0 Å². The van der Waals surface area contributed by atoms with Gasteiger partial charge in [-0.15, -0.1) is 11.3 Å². The smallest absolute Gasteiger partial charge is 0.226 e. The lowest BCUT2D eigenvalue weighted by Crippen LogP contribution is -2.29. The standard InChI is InChI=1S/C19H23ClN2O3S/c1-12(2)11-25-17-7-6-14(9-15(17)20)22-19(24)10-16(21-13(3)23)18-5-4-8-26-18/h4-9,12,16H,10-11H2,1-3H3,(H,21,23)(H,22,24). The Morgan fingerprint density at radius 3 is 2.62 bits per heavy atom. The van der Waals surface area contributed by atoms with E-state index in [0.29, 0.717) is 29.0 Å². The van der Waals surface area contributed by atoms with Gasteiger partial charge < -0.3 is 15.4 Å². The van der Waals surface area contributed by atoms with Crippen LogP contribution in [-0.4, -0.2) is 18.4 Å². The van der Waals surface area contributed by atoms with Gasteiger partial charge in [-0.2, -0.15) is 0 Å². The molecule has 2 rings (SSSR count). The molecule has 0 aliphatic carbocycles. The number of nitrogens with one attached hydrogen (secondary N) is 2. The van der Waals surface area contributed by atoms with E-state index in [4.69, 9.17) is 16.3 Å². The van der Waals surface area contributed by atoms with E-state index in [1.165, 1.54) is 18.3 Å². The Balaban J connectivity index is 1.99. The van der Waals surface area contributed by atoms with Crippen molar-refractivity contribution in [2.75, 3.05) is 11.9 Å². The molecule has 0 radical (unpaired) electrons. The van der Waals surface area contributed by atoms with Crippen LogP contribution in [0.2, 0.25) is 5.02 Å². The molecule has 5 nitrogen and oxygen atoms in total. The van der Waals surface area contributed by atoms with Crippen LogP contribution in [0, 0.1) is 5.92 Å². The molecule has 26 heavy (non-hydrogen) atoms. The van der Waals surface area contributed by atoms with Crippen molar-refractivity contribution in [2.45, 2.75) is 33.2 Å². The van der Waals surface area contributed by atoms with Crippen molar-refractivity contribution in [3.05, 3.63) is 45.6 Å². The van der Waals surface area contributed by atoms with Crippen LogP contribution in [-0.2, 0) is 9.59 Å². The van der Waals surface area contributed by atoms with E-state index in [0.717, 1.165) is 4.88 Å². The first-order valence-electron chi connectivity index (χ1n) is 8.38. The van der Waals surface area contributed by atoms with Gasteiger partial charge in [0, 0.05) is 17.5 Å². The van der Waals surface area contributed by atoms with Crippen molar-refractivity contribution in [1.29, 1.82) is 0 Å². The van der Waals surface area contributed by atoms with Crippen LogP contribution in [0.3, 0.4) is 0 Å². The molecule has 1 atom stereocenters. The first-order chi connectivity index (χ1) is 12.3. The Labute approximate surface area is 162 Å². The number of carbonyl (C=O) groups excluding carboxylic acids is 2. The molecule has 1 heterocycles.